The van der Waals surface area contributed by atoms with E-state index < -0.39 is 0 Å². The SMILES string of the molecule is CC(NC(=O)CN(C)C(C)c1ccccc1)c1cc2ccccc2o1. The molecule has 0 aliphatic rings. The van der Waals surface area contributed by atoms with E-state index in [1.54, 1.807) is 0 Å². The second-order valence-electron chi connectivity index (χ2n) is 6.48. The van der Waals surface area contributed by atoms with Crippen LogP contribution in [0.3, 0.4) is 0 Å². The number of fused-ring (bicyclic) bond motifs is 1. The lowest BCUT2D eigenvalue weighted by molar-refractivity contribution is -0.123. The minimum Gasteiger partial charge on any atom is -0.459 e. The van der Waals surface area contributed by atoms with E-state index in [1.165, 1.54) is 5.56 Å². The molecule has 3 rings (SSSR count). The van der Waals surface area contributed by atoms with Gasteiger partial charge in [-0.3, -0.25) is 9.69 Å². The number of carbonyl (C=O) groups is 1. The van der Waals surface area contributed by atoms with E-state index >= 15 is 0 Å². The minimum absolute atomic E-state index is 0.0155. The highest BCUT2D eigenvalue weighted by atomic mass is 16.3. The standard InChI is InChI=1S/C21H24N2O2/c1-15(20-13-18-11-7-8-12-19(18)25-20)22-21(24)14-23(3)16(2)17-9-5-4-6-10-17/h4-13,15-16H,14H2,1-3H3,(H,22,24). The average Bonchev–Trinajstić information content (AvgIpc) is 3.06. The maximum atomic E-state index is 12.4. The summed E-state index contributed by atoms with van der Waals surface area (Å²) in [5.74, 6) is 0.756. The Labute approximate surface area is 148 Å². The first kappa shape index (κ1) is 17.2. The summed E-state index contributed by atoms with van der Waals surface area (Å²) in [6, 6.07) is 20.0. The first-order valence-corrected chi connectivity index (χ1v) is 8.57. The van der Waals surface area contributed by atoms with Gasteiger partial charge < -0.3 is 9.73 Å². The molecule has 0 bridgehead atoms. The fourth-order valence-electron chi connectivity index (χ4n) is 2.92. The van der Waals surface area contributed by atoms with Crippen LogP contribution in [-0.2, 0) is 4.79 Å². The molecule has 1 aromatic heterocycles. The van der Waals surface area contributed by atoms with Crippen molar-refractivity contribution in [2.75, 3.05) is 13.6 Å². The van der Waals surface area contributed by atoms with E-state index in [9.17, 15) is 4.79 Å². The van der Waals surface area contributed by atoms with Gasteiger partial charge in [0.25, 0.3) is 0 Å². The van der Waals surface area contributed by atoms with Crippen LogP contribution in [0.25, 0.3) is 11.0 Å². The molecule has 0 saturated heterocycles. The Hall–Kier alpha value is -2.59. The van der Waals surface area contributed by atoms with Crippen LogP contribution in [0.5, 0.6) is 0 Å². The number of carbonyl (C=O) groups excluding carboxylic acids is 1. The molecule has 0 spiro atoms. The molecule has 130 valence electrons. The molecular formula is C21H24N2O2. The second kappa shape index (κ2) is 7.53. The van der Waals surface area contributed by atoms with Crippen molar-refractivity contribution in [3.05, 3.63) is 72.0 Å². The number of nitrogens with one attached hydrogen (secondary N) is 1. The predicted octanol–water partition coefficient (Wildman–Crippen LogP) is 4.30. The number of para-hydroxylation sites is 1. The van der Waals surface area contributed by atoms with Crippen molar-refractivity contribution < 1.29 is 9.21 Å². The Bertz CT molecular complexity index is 808. The van der Waals surface area contributed by atoms with Crippen LogP contribution < -0.4 is 5.32 Å². The maximum Gasteiger partial charge on any atom is 0.234 e. The van der Waals surface area contributed by atoms with Gasteiger partial charge in [-0.05, 0) is 38.6 Å². The molecule has 4 nitrogen and oxygen atoms in total. The molecule has 1 heterocycles. The summed E-state index contributed by atoms with van der Waals surface area (Å²) in [5.41, 5.74) is 2.04. The van der Waals surface area contributed by atoms with Crippen molar-refractivity contribution in [2.24, 2.45) is 0 Å². The van der Waals surface area contributed by atoms with E-state index in [0.29, 0.717) is 6.54 Å². The molecule has 1 amide bonds. The number of benzene rings is 2. The van der Waals surface area contributed by atoms with Gasteiger partial charge in [0.05, 0.1) is 12.6 Å². The van der Waals surface area contributed by atoms with Gasteiger partial charge in [-0.15, -0.1) is 0 Å². The smallest absolute Gasteiger partial charge is 0.234 e. The third-order valence-corrected chi connectivity index (χ3v) is 4.58. The van der Waals surface area contributed by atoms with Crippen LogP contribution in [0.1, 0.15) is 37.3 Å². The molecular weight excluding hydrogens is 312 g/mol. The van der Waals surface area contributed by atoms with Crippen LogP contribution in [0.2, 0.25) is 0 Å². The summed E-state index contributed by atoms with van der Waals surface area (Å²) in [5, 5.41) is 4.07. The fraction of sp³-hybridized carbons (Fsp3) is 0.286. The summed E-state index contributed by atoms with van der Waals surface area (Å²) in [6.45, 7) is 4.38. The van der Waals surface area contributed by atoms with E-state index in [4.69, 9.17) is 4.42 Å². The van der Waals surface area contributed by atoms with Crippen molar-refractivity contribution in [2.45, 2.75) is 25.9 Å². The monoisotopic (exact) mass is 336 g/mol. The number of hydrogen-bond acceptors (Lipinski definition) is 3. The van der Waals surface area contributed by atoms with Crippen molar-refractivity contribution in [1.29, 1.82) is 0 Å². The number of rotatable bonds is 6. The van der Waals surface area contributed by atoms with Crippen LogP contribution in [-0.4, -0.2) is 24.4 Å². The third-order valence-electron chi connectivity index (χ3n) is 4.58. The largest absolute Gasteiger partial charge is 0.459 e. The van der Waals surface area contributed by atoms with Crippen LogP contribution in [0.15, 0.2) is 65.1 Å². The van der Waals surface area contributed by atoms with Gasteiger partial charge in [0.1, 0.15) is 11.3 Å². The normalized spacial score (nSPS) is 13.8. The van der Waals surface area contributed by atoms with Crippen LogP contribution in [0, 0.1) is 0 Å². The number of furan rings is 1. The topological polar surface area (TPSA) is 45.5 Å². The van der Waals surface area contributed by atoms with E-state index in [-0.39, 0.29) is 18.0 Å². The van der Waals surface area contributed by atoms with Gasteiger partial charge in [-0.2, -0.15) is 0 Å². The van der Waals surface area contributed by atoms with Crippen molar-refractivity contribution in [3.8, 4) is 0 Å². The molecule has 3 aromatic rings. The number of hydrogen-bond donors (Lipinski definition) is 1. The lowest BCUT2D eigenvalue weighted by atomic mass is 10.1. The molecule has 0 fully saturated rings. The van der Waals surface area contributed by atoms with Crippen LogP contribution in [0.4, 0.5) is 0 Å². The average molecular weight is 336 g/mol. The highest BCUT2D eigenvalue weighted by Crippen LogP contribution is 2.23. The maximum absolute atomic E-state index is 12.4. The van der Waals surface area contributed by atoms with Gasteiger partial charge >= 0.3 is 0 Å². The quantitative estimate of drug-likeness (QED) is 0.730. The Kier molecular flexibility index (Phi) is 5.19. The van der Waals surface area contributed by atoms with Gasteiger partial charge in [-0.1, -0.05) is 48.5 Å². The predicted molar refractivity (Wildman–Crippen MR) is 100 cm³/mol. The molecule has 1 N–H and O–H groups in total. The van der Waals surface area contributed by atoms with Gasteiger partial charge in [0.2, 0.25) is 5.91 Å². The summed E-state index contributed by atoms with van der Waals surface area (Å²) in [4.78, 5) is 14.4. The number of amides is 1. The van der Waals surface area contributed by atoms with Crippen molar-refractivity contribution in [3.63, 3.8) is 0 Å². The minimum atomic E-state index is -0.166. The zero-order valence-corrected chi connectivity index (χ0v) is 14.9. The van der Waals surface area contributed by atoms with Gasteiger partial charge in [0, 0.05) is 11.4 Å². The molecule has 2 aromatic carbocycles. The summed E-state index contributed by atoms with van der Waals surface area (Å²) in [7, 11) is 1.96. The molecule has 4 heteroatoms. The van der Waals surface area contributed by atoms with Gasteiger partial charge in [0.15, 0.2) is 0 Å². The Morgan fingerprint density at radius 3 is 2.48 bits per heavy atom. The first-order chi connectivity index (χ1) is 12.0. The highest BCUT2D eigenvalue weighted by molar-refractivity contribution is 5.80. The lowest BCUT2D eigenvalue weighted by Crippen LogP contribution is -2.37. The summed E-state index contributed by atoms with van der Waals surface area (Å²) >= 11 is 0. The zero-order chi connectivity index (χ0) is 17.8. The molecule has 2 atom stereocenters. The molecule has 25 heavy (non-hydrogen) atoms. The Balaban J connectivity index is 1.59. The van der Waals surface area contributed by atoms with E-state index in [1.807, 2.05) is 67.4 Å². The Morgan fingerprint density at radius 1 is 1.08 bits per heavy atom. The van der Waals surface area contributed by atoms with E-state index in [2.05, 4.69) is 24.4 Å². The van der Waals surface area contributed by atoms with E-state index in [0.717, 1.165) is 16.7 Å². The lowest BCUT2D eigenvalue weighted by Gasteiger charge is -2.25. The Morgan fingerprint density at radius 2 is 1.76 bits per heavy atom. The highest BCUT2D eigenvalue weighted by Gasteiger charge is 2.18. The molecule has 0 aliphatic carbocycles. The molecule has 0 aliphatic heterocycles. The zero-order valence-electron chi connectivity index (χ0n) is 14.9. The second-order valence-corrected chi connectivity index (χ2v) is 6.48. The fourth-order valence-corrected chi connectivity index (χ4v) is 2.92. The van der Waals surface area contributed by atoms with Crippen molar-refractivity contribution in [1.82, 2.24) is 10.2 Å². The summed E-state index contributed by atoms with van der Waals surface area (Å²) < 4.78 is 5.82. The molecule has 0 saturated carbocycles. The van der Waals surface area contributed by atoms with Gasteiger partial charge in [-0.25, -0.2) is 0 Å². The number of likely N-dealkylation sites (N-methyl/N-ethyl adjacent to an activating group) is 1. The first-order valence-electron chi connectivity index (χ1n) is 8.57. The van der Waals surface area contributed by atoms with Crippen molar-refractivity contribution >= 4 is 16.9 Å². The van der Waals surface area contributed by atoms with Crippen LogP contribution >= 0.6 is 0 Å². The summed E-state index contributed by atoms with van der Waals surface area (Å²) in [6.07, 6.45) is 0. The third kappa shape index (κ3) is 4.09. The molecule has 0 radical (unpaired) electrons. The number of nitrogens with zero attached hydrogens (tertiary/aromatic N) is 1. The molecule has 2 unspecified atom stereocenters.